The summed E-state index contributed by atoms with van der Waals surface area (Å²) in [6.45, 7) is 0.448. The van der Waals surface area contributed by atoms with E-state index < -0.39 is 0 Å². The maximum absolute atomic E-state index is 9.76. The van der Waals surface area contributed by atoms with Crippen LogP contribution in [0.2, 0.25) is 0 Å². The number of methoxy groups -OCH3 is 2. The molecule has 0 aliphatic rings. The first-order valence-electron chi connectivity index (χ1n) is 10.3. The van der Waals surface area contributed by atoms with E-state index in [1.54, 1.807) is 20.3 Å². The molecule has 33 heavy (non-hydrogen) atoms. The normalized spacial score (nSPS) is 11.0. The molecule has 0 fully saturated rings. The number of benzene rings is 3. The molecule has 0 radical (unpaired) electrons. The number of nitrogens with zero attached hydrogens (tertiary/aromatic N) is 2. The van der Waals surface area contributed by atoms with E-state index in [9.17, 15) is 5.26 Å². The van der Waals surface area contributed by atoms with Crippen LogP contribution in [-0.4, -0.2) is 19.2 Å². The SMILES string of the molecule is COc1ccc(-c2csc(C(C#N)=Cc3ccc(OCc4ccccc4)c(OC)c3)n2)cc1. The van der Waals surface area contributed by atoms with Gasteiger partial charge >= 0.3 is 0 Å². The Labute approximate surface area is 197 Å². The molecular weight excluding hydrogens is 432 g/mol. The van der Waals surface area contributed by atoms with Gasteiger partial charge < -0.3 is 14.2 Å². The summed E-state index contributed by atoms with van der Waals surface area (Å²) in [6.07, 6.45) is 1.81. The fourth-order valence-corrected chi connectivity index (χ4v) is 4.02. The molecule has 0 saturated carbocycles. The maximum atomic E-state index is 9.76. The highest BCUT2D eigenvalue weighted by molar-refractivity contribution is 7.11. The molecule has 0 spiro atoms. The number of ether oxygens (including phenoxy) is 3. The van der Waals surface area contributed by atoms with Crippen molar-refractivity contribution in [2.45, 2.75) is 6.61 Å². The highest BCUT2D eigenvalue weighted by Gasteiger charge is 2.11. The Kier molecular flexibility index (Phi) is 7.03. The zero-order valence-electron chi connectivity index (χ0n) is 18.3. The summed E-state index contributed by atoms with van der Waals surface area (Å²) in [6, 6.07) is 25.5. The molecular formula is C27H22N2O3S. The third kappa shape index (κ3) is 5.40. The summed E-state index contributed by atoms with van der Waals surface area (Å²) in [5.41, 5.74) is 4.18. The Bertz CT molecular complexity index is 1290. The van der Waals surface area contributed by atoms with E-state index in [1.807, 2.05) is 78.2 Å². The average molecular weight is 455 g/mol. The summed E-state index contributed by atoms with van der Waals surface area (Å²) in [5, 5.41) is 12.4. The Hall–Kier alpha value is -4.08. The van der Waals surface area contributed by atoms with Gasteiger partial charge in [-0.15, -0.1) is 11.3 Å². The second-order valence-corrected chi connectivity index (χ2v) is 7.98. The van der Waals surface area contributed by atoms with Crippen molar-refractivity contribution >= 4 is 23.0 Å². The van der Waals surface area contributed by atoms with Gasteiger partial charge in [0.15, 0.2) is 11.5 Å². The Morgan fingerprint density at radius 3 is 2.45 bits per heavy atom. The maximum Gasteiger partial charge on any atom is 0.161 e. The minimum absolute atomic E-state index is 0.448. The molecule has 0 atom stereocenters. The fourth-order valence-electron chi connectivity index (χ4n) is 3.23. The summed E-state index contributed by atoms with van der Waals surface area (Å²) in [5.74, 6) is 2.04. The quantitative estimate of drug-likeness (QED) is 0.286. The Balaban J connectivity index is 1.54. The molecule has 1 heterocycles. The first-order valence-corrected chi connectivity index (χ1v) is 11.1. The lowest BCUT2D eigenvalue weighted by molar-refractivity contribution is 0.284. The second-order valence-electron chi connectivity index (χ2n) is 7.12. The number of allylic oxidation sites excluding steroid dienone is 1. The molecule has 5 nitrogen and oxygen atoms in total. The van der Waals surface area contributed by atoms with Crippen LogP contribution >= 0.6 is 11.3 Å². The molecule has 4 aromatic rings. The molecule has 1 aromatic heterocycles. The van der Waals surface area contributed by atoms with E-state index in [4.69, 9.17) is 14.2 Å². The minimum Gasteiger partial charge on any atom is -0.497 e. The number of hydrogen-bond acceptors (Lipinski definition) is 6. The van der Waals surface area contributed by atoms with Gasteiger partial charge in [0.05, 0.1) is 25.5 Å². The van der Waals surface area contributed by atoms with Crippen molar-refractivity contribution in [3.63, 3.8) is 0 Å². The van der Waals surface area contributed by atoms with Gasteiger partial charge in [0.25, 0.3) is 0 Å². The van der Waals surface area contributed by atoms with Gasteiger partial charge in [0.1, 0.15) is 23.4 Å². The highest BCUT2D eigenvalue weighted by Crippen LogP contribution is 2.32. The van der Waals surface area contributed by atoms with E-state index in [1.165, 1.54) is 11.3 Å². The topological polar surface area (TPSA) is 64.4 Å². The molecule has 0 N–H and O–H groups in total. The van der Waals surface area contributed by atoms with E-state index in [0.717, 1.165) is 28.1 Å². The average Bonchev–Trinajstić information content (AvgIpc) is 3.37. The van der Waals surface area contributed by atoms with E-state index >= 15 is 0 Å². The van der Waals surface area contributed by atoms with E-state index in [0.29, 0.717) is 28.7 Å². The lowest BCUT2D eigenvalue weighted by atomic mass is 10.1. The molecule has 3 aromatic carbocycles. The zero-order chi connectivity index (χ0) is 23.0. The first kappa shape index (κ1) is 22.1. The molecule has 0 aliphatic heterocycles. The zero-order valence-corrected chi connectivity index (χ0v) is 19.1. The molecule has 6 heteroatoms. The van der Waals surface area contributed by atoms with Gasteiger partial charge in [-0.05, 0) is 53.6 Å². The van der Waals surface area contributed by atoms with Crippen LogP contribution in [-0.2, 0) is 6.61 Å². The van der Waals surface area contributed by atoms with Gasteiger partial charge in [-0.1, -0.05) is 36.4 Å². The van der Waals surface area contributed by atoms with Crippen LogP contribution in [0.25, 0.3) is 22.9 Å². The van der Waals surface area contributed by atoms with Crippen molar-refractivity contribution in [1.82, 2.24) is 4.98 Å². The first-order chi connectivity index (χ1) is 16.2. The molecule has 0 saturated heterocycles. The Morgan fingerprint density at radius 2 is 1.76 bits per heavy atom. The molecule has 0 unspecified atom stereocenters. The van der Waals surface area contributed by atoms with E-state index in [2.05, 4.69) is 11.1 Å². The van der Waals surface area contributed by atoms with Crippen molar-refractivity contribution in [2.75, 3.05) is 14.2 Å². The summed E-state index contributed by atoms with van der Waals surface area (Å²) < 4.78 is 16.6. The van der Waals surface area contributed by atoms with Crippen LogP contribution in [0.3, 0.4) is 0 Å². The van der Waals surface area contributed by atoms with Crippen LogP contribution in [0.4, 0.5) is 0 Å². The van der Waals surface area contributed by atoms with Crippen molar-refractivity contribution in [2.24, 2.45) is 0 Å². The van der Waals surface area contributed by atoms with Crippen molar-refractivity contribution < 1.29 is 14.2 Å². The monoisotopic (exact) mass is 454 g/mol. The van der Waals surface area contributed by atoms with Crippen LogP contribution < -0.4 is 14.2 Å². The molecule has 0 bridgehead atoms. The molecule has 164 valence electrons. The van der Waals surface area contributed by atoms with Crippen LogP contribution in [0, 0.1) is 11.3 Å². The standard InChI is InChI=1S/C27H22N2O3S/c1-30-23-11-9-21(10-12-23)24-18-33-27(29-24)22(16-28)14-20-8-13-25(26(15-20)31-2)32-17-19-6-4-3-5-7-19/h3-15,18H,17H2,1-2H3. The van der Waals surface area contributed by atoms with Crippen LogP contribution in [0.1, 0.15) is 16.1 Å². The largest absolute Gasteiger partial charge is 0.497 e. The van der Waals surface area contributed by atoms with Gasteiger partial charge in [-0.3, -0.25) is 0 Å². The van der Waals surface area contributed by atoms with Gasteiger partial charge in [-0.25, -0.2) is 4.98 Å². The lowest BCUT2D eigenvalue weighted by Gasteiger charge is -2.11. The number of aromatic nitrogens is 1. The number of hydrogen-bond donors (Lipinski definition) is 0. The minimum atomic E-state index is 0.448. The third-order valence-electron chi connectivity index (χ3n) is 4.98. The molecule has 0 aliphatic carbocycles. The van der Waals surface area contributed by atoms with Gasteiger partial charge in [-0.2, -0.15) is 5.26 Å². The van der Waals surface area contributed by atoms with Crippen molar-refractivity contribution in [3.8, 4) is 34.6 Å². The van der Waals surface area contributed by atoms with Crippen molar-refractivity contribution in [1.29, 1.82) is 5.26 Å². The summed E-state index contributed by atoms with van der Waals surface area (Å²) in [4.78, 5) is 4.66. The number of rotatable bonds is 8. The second kappa shape index (κ2) is 10.5. The predicted molar refractivity (Wildman–Crippen MR) is 131 cm³/mol. The summed E-state index contributed by atoms with van der Waals surface area (Å²) in [7, 11) is 3.24. The van der Waals surface area contributed by atoms with Gasteiger partial charge in [0, 0.05) is 10.9 Å². The molecule has 0 amide bonds. The van der Waals surface area contributed by atoms with Crippen molar-refractivity contribution in [3.05, 3.63) is 94.3 Å². The van der Waals surface area contributed by atoms with E-state index in [-0.39, 0.29) is 0 Å². The number of nitriles is 1. The van der Waals surface area contributed by atoms with Crippen LogP contribution in [0.5, 0.6) is 17.2 Å². The smallest absolute Gasteiger partial charge is 0.161 e. The fraction of sp³-hybridized carbons (Fsp3) is 0.111. The molecule has 4 rings (SSSR count). The third-order valence-corrected chi connectivity index (χ3v) is 5.85. The lowest BCUT2D eigenvalue weighted by Crippen LogP contribution is -1.97. The highest BCUT2D eigenvalue weighted by atomic mass is 32.1. The Morgan fingerprint density at radius 1 is 0.970 bits per heavy atom. The summed E-state index contributed by atoms with van der Waals surface area (Å²) >= 11 is 1.44. The number of thiazole rings is 1. The van der Waals surface area contributed by atoms with Gasteiger partial charge in [0.2, 0.25) is 0 Å². The van der Waals surface area contributed by atoms with Crippen LogP contribution in [0.15, 0.2) is 78.2 Å². The predicted octanol–water partition coefficient (Wildman–Crippen LogP) is 6.47.